The zero-order valence-electron chi connectivity index (χ0n) is 12.7. The molecule has 19 heavy (non-hydrogen) atoms. The Hall–Kier alpha value is -0.120. The molecule has 0 amide bonds. The Kier molecular flexibility index (Phi) is 7.18. The van der Waals surface area contributed by atoms with Crippen LogP contribution < -0.4 is 5.32 Å². The van der Waals surface area contributed by atoms with Crippen LogP contribution in [-0.4, -0.2) is 49.8 Å². The molecule has 0 aromatic rings. The number of piperidine rings is 1. The summed E-state index contributed by atoms with van der Waals surface area (Å²) in [6, 6.07) is 0.748. The Bertz CT molecular complexity index is 221. The van der Waals surface area contributed by atoms with E-state index < -0.39 is 0 Å². The number of hydrogen-bond donors (Lipinski definition) is 1. The topological polar surface area (TPSA) is 24.5 Å². The number of likely N-dealkylation sites (tertiary alicyclic amines) is 1. The molecule has 1 aliphatic carbocycles. The monoisotopic (exact) mass is 268 g/mol. The van der Waals surface area contributed by atoms with Gasteiger partial charge < -0.3 is 15.0 Å². The fourth-order valence-electron chi connectivity index (χ4n) is 3.31. The summed E-state index contributed by atoms with van der Waals surface area (Å²) in [4.78, 5) is 2.55. The summed E-state index contributed by atoms with van der Waals surface area (Å²) in [7, 11) is 0. The van der Waals surface area contributed by atoms with Gasteiger partial charge in [0.1, 0.15) is 0 Å². The molecule has 3 nitrogen and oxygen atoms in total. The Morgan fingerprint density at radius 1 is 1.05 bits per heavy atom. The van der Waals surface area contributed by atoms with E-state index in [-0.39, 0.29) is 0 Å². The second kappa shape index (κ2) is 8.93. The van der Waals surface area contributed by atoms with E-state index in [4.69, 9.17) is 4.74 Å². The maximum atomic E-state index is 5.96. The van der Waals surface area contributed by atoms with Crippen molar-refractivity contribution in [3.63, 3.8) is 0 Å². The minimum atomic E-state index is 0.571. The van der Waals surface area contributed by atoms with Crippen LogP contribution in [0, 0.1) is 0 Å². The van der Waals surface area contributed by atoms with Crippen LogP contribution in [0.4, 0.5) is 0 Å². The Labute approximate surface area is 119 Å². The molecule has 0 unspecified atom stereocenters. The predicted molar refractivity (Wildman–Crippen MR) is 80.6 cm³/mol. The first-order valence-corrected chi connectivity index (χ1v) is 8.46. The summed E-state index contributed by atoms with van der Waals surface area (Å²) in [6.45, 7) is 8.09. The Morgan fingerprint density at radius 2 is 1.79 bits per heavy atom. The van der Waals surface area contributed by atoms with Gasteiger partial charge in [-0.2, -0.15) is 0 Å². The van der Waals surface area contributed by atoms with E-state index in [2.05, 4.69) is 17.1 Å². The smallest absolute Gasteiger partial charge is 0.0575 e. The van der Waals surface area contributed by atoms with Gasteiger partial charge in [0.25, 0.3) is 0 Å². The van der Waals surface area contributed by atoms with Crippen LogP contribution in [-0.2, 0) is 4.74 Å². The van der Waals surface area contributed by atoms with Gasteiger partial charge in [-0.15, -0.1) is 0 Å². The minimum Gasteiger partial charge on any atom is -0.378 e. The molecule has 0 spiro atoms. The van der Waals surface area contributed by atoms with Crippen molar-refractivity contribution in [3.05, 3.63) is 0 Å². The van der Waals surface area contributed by atoms with Crippen LogP contribution in [0.5, 0.6) is 0 Å². The lowest BCUT2D eigenvalue weighted by atomic mass is 9.98. The number of ether oxygens (including phenoxy) is 1. The lowest BCUT2D eigenvalue weighted by Gasteiger charge is -2.31. The minimum absolute atomic E-state index is 0.571. The molecule has 3 heteroatoms. The van der Waals surface area contributed by atoms with Gasteiger partial charge in [0.05, 0.1) is 6.10 Å². The van der Waals surface area contributed by atoms with Crippen molar-refractivity contribution in [1.29, 1.82) is 0 Å². The summed E-state index contributed by atoms with van der Waals surface area (Å²) < 4.78 is 5.96. The first-order valence-electron chi connectivity index (χ1n) is 8.46. The lowest BCUT2D eigenvalue weighted by Crippen LogP contribution is -2.42. The maximum absolute atomic E-state index is 5.96. The van der Waals surface area contributed by atoms with Crippen molar-refractivity contribution in [2.24, 2.45) is 0 Å². The summed E-state index contributed by atoms with van der Waals surface area (Å²) in [6.07, 6.45) is 11.1. The van der Waals surface area contributed by atoms with Crippen LogP contribution in [0.3, 0.4) is 0 Å². The summed E-state index contributed by atoms with van der Waals surface area (Å²) in [5.74, 6) is 0. The van der Waals surface area contributed by atoms with Crippen LogP contribution in [0.1, 0.15) is 58.3 Å². The van der Waals surface area contributed by atoms with E-state index >= 15 is 0 Å². The molecular weight excluding hydrogens is 236 g/mol. The molecule has 0 bridgehead atoms. The first-order chi connectivity index (χ1) is 9.38. The van der Waals surface area contributed by atoms with E-state index in [9.17, 15) is 0 Å². The van der Waals surface area contributed by atoms with Crippen LogP contribution in [0.15, 0.2) is 0 Å². The Morgan fingerprint density at radius 3 is 2.47 bits per heavy atom. The van der Waals surface area contributed by atoms with Crippen LogP contribution in [0.2, 0.25) is 0 Å². The van der Waals surface area contributed by atoms with Crippen molar-refractivity contribution >= 4 is 0 Å². The number of nitrogens with zero attached hydrogens (tertiary/aromatic N) is 1. The highest BCUT2D eigenvalue weighted by Crippen LogP contribution is 2.20. The lowest BCUT2D eigenvalue weighted by molar-refractivity contribution is 0.0268. The normalized spacial score (nSPS) is 23.8. The van der Waals surface area contributed by atoms with E-state index in [1.54, 1.807) is 0 Å². The molecule has 1 heterocycles. The van der Waals surface area contributed by atoms with Gasteiger partial charge in [-0.1, -0.05) is 26.2 Å². The zero-order valence-corrected chi connectivity index (χ0v) is 12.7. The van der Waals surface area contributed by atoms with Crippen molar-refractivity contribution in [1.82, 2.24) is 10.2 Å². The molecule has 1 saturated carbocycles. The number of rotatable bonds is 7. The van der Waals surface area contributed by atoms with E-state index in [1.807, 2.05) is 0 Å². The van der Waals surface area contributed by atoms with Crippen LogP contribution >= 0.6 is 0 Å². The SMILES string of the molecule is CCN1CCC(NCCCOC2CCCCC2)CC1. The molecule has 0 atom stereocenters. The maximum Gasteiger partial charge on any atom is 0.0575 e. The standard InChI is InChI=1S/C16H32N2O/c1-2-18-12-9-15(10-13-18)17-11-6-14-19-16-7-4-3-5-8-16/h15-17H,2-14H2,1H3. The van der Waals surface area contributed by atoms with E-state index in [1.165, 1.54) is 71.0 Å². The number of hydrogen-bond acceptors (Lipinski definition) is 3. The van der Waals surface area contributed by atoms with Gasteiger partial charge in [0, 0.05) is 12.6 Å². The molecular formula is C16H32N2O. The molecule has 2 aliphatic rings. The Balaban J connectivity index is 1.43. The largest absolute Gasteiger partial charge is 0.378 e. The second-order valence-corrected chi connectivity index (χ2v) is 6.15. The summed E-state index contributed by atoms with van der Waals surface area (Å²) >= 11 is 0. The quantitative estimate of drug-likeness (QED) is 0.719. The van der Waals surface area contributed by atoms with Gasteiger partial charge in [-0.3, -0.25) is 0 Å². The molecule has 0 aromatic heterocycles. The third-order valence-electron chi connectivity index (χ3n) is 4.69. The van der Waals surface area contributed by atoms with Gasteiger partial charge in [0.15, 0.2) is 0 Å². The van der Waals surface area contributed by atoms with Gasteiger partial charge in [-0.05, 0) is 58.3 Å². The summed E-state index contributed by atoms with van der Waals surface area (Å²) in [5, 5.41) is 3.70. The molecule has 112 valence electrons. The van der Waals surface area contributed by atoms with E-state index in [0.29, 0.717) is 6.10 Å². The van der Waals surface area contributed by atoms with Crippen molar-refractivity contribution in [2.45, 2.75) is 70.4 Å². The molecule has 2 rings (SSSR count). The molecule has 1 N–H and O–H groups in total. The predicted octanol–water partition coefficient (Wildman–Crippen LogP) is 2.80. The zero-order chi connectivity index (χ0) is 13.3. The second-order valence-electron chi connectivity index (χ2n) is 6.15. The molecule has 1 saturated heterocycles. The first kappa shape index (κ1) is 15.3. The molecule has 1 aliphatic heterocycles. The molecule has 2 fully saturated rings. The van der Waals surface area contributed by atoms with E-state index in [0.717, 1.165) is 19.2 Å². The average Bonchev–Trinajstić information content (AvgIpc) is 2.49. The fourth-order valence-corrected chi connectivity index (χ4v) is 3.31. The number of nitrogens with one attached hydrogen (secondary N) is 1. The van der Waals surface area contributed by atoms with Crippen molar-refractivity contribution in [3.8, 4) is 0 Å². The average molecular weight is 268 g/mol. The summed E-state index contributed by atoms with van der Waals surface area (Å²) in [5.41, 5.74) is 0. The molecule has 0 radical (unpaired) electrons. The molecule has 0 aromatic carbocycles. The fraction of sp³-hybridized carbons (Fsp3) is 1.00. The van der Waals surface area contributed by atoms with Gasteiger partial charge >= 0.3 is 0 Å². The van der Waals surface area contributed by atoms with Crippen molar-refractivity contribution < 1.29 is 4.74 Å². The third kappa shape index (κ3) is 5.80. The van der Waals surface area contributed by atoms with Crippen molar-refractivity contribution in [2.75, 3.05) is 32.8 Å². The third-order valence-corrected chi connectivity index (χ3v) is 4.69. The van der Waals surface area contributed by atoms with Gasteiger partial charge in [0.2, 0.25) is 0 Å². The highest BCUT2D eigenvalue weighted by atomic mass is 16.5. The van der Waals surface area contributed by atoms with Gasteiger partial charge in [-0.25, -0.2) is 0 Å². The highest BCUT2D eigenvalue weighted by Gasteiger charge is 2.17. The van der Waals surface area contributed by atoms with Crippen LogP contribution in [0.25, 0.3) is 0 Å². The highest BCUT2D eigenvalue weighted by molar-refractivity contribution is 4.76.